The number of hydrogen-bond acceptors (Lipinski definition) is 4. The van der Waals surface area contributed by atoms with Crippen LogP contribution in [0, 0.1) is 5.82 Å². The van der Waals surface area contributed by atoms with E-state index in [0.717, 1.165) is 24.2 Å². The normalized spacial score (nSPS) is 11.2. The molecule has 5 nitrogen and oxygen atoms in total. The van der Waals surface area contributed by atoms with E-state index >= 15 is 0 Å². The summed E-state index contributed by atoms with van der Waals surface area (Å²) < 4.78 is 20.7. The van der Waals surface area contributed by atoms with Gasteiger partial charge in [0, 0.05) is 37.6 Å². The van der Waals surface area contributed by atoms with E-state index in [4.69, 9.17) is 4.74 Å². The van der Waals surface area contributed by atoms with Gasteiger partial charge in [-0.25, -0.2) is 9.37 Å². The highest BCUT2D eigenvalue weighted by molar-refractivity contribution is 5.60. The van der Waals surface area contributed by atoms with Gasteiger partial charge in [-0.2, -0.15) is 0 Å². The van der Waals surface area contributed by atoms with Crippen LogP contribution in [0.5, 0.6) is 11.5 Å². The maximum atomic E-state index is 13.0. The van der Waals surface area contributed by atoms with Gasteiger partial charge in [0.25, 0.3) is 0 Å². The molecule has 0 radical (unpaired) electrons. The third-order valence-corrected chi connectivity index (χ3v) is 4.75. The second-order valence-electron chi connectivity index (χ2n) is 7.22. The van der Waals surface area contributed by atoms with Crippen molar-refractivity contribution in [3.8, 4) is 11.5 Å². The van der Waals surface area contributed by atoms with Gasteiger partial charge in [0.1, 0.15) is 28.7 Å². The zero-order valence-corrected chi connectivity index (χ0v) is 16.6. The Labute approximate surface area is 174 Å². The molecule has 0 aliphatic carbocycles. The Bertz CT molecular complexity index is 1170. The van der Waals surface area contributed by atoms with Crippen molar-refractivity contribution >= 4 is 11.4 Å². The summed E-state index contributed by atoms with van der Waals surface area (Å²) in [5.41, 5.74) is 3.39. The summed E-state index contributed by atoms with van der Waals surface area (Å²) in [5.74, 6) is 0.979. The molecule has 2 aromatic carbocycles. The second kappa shape index (κ2) is 8.39. The quantitative estimate of drug-likeness (QED) is 0.418. The number of benzene rings is 2. The van der Waals surface area contributed by atoms with Crippen molar-refractivity contribution in [1.29, 1.82) is 0 Å². The predicted octanol–water partition coefficient (Wildman–Crippen LogP) is 5.43. The van der Waals surface area contributed by atoms with Crippen molar-refractivity contribution in [3.63, 3.8) is 0 Å². The Hall–Kier alpha value is -3.64. The summed E-state index contributed by atoms with van der Waals surface area (Å²) >= 11 is 0. The first-order valence-electron chi connectivity index (χ1n) is 9.53. The van der Waals surface area contributed by atoms with Crippen LogP contribution in [0.25, 0.3) is 11.4 Å². The van der Waals surface area contributed by atoms with Gasteiger partial charge >= 0.3 is 0 Å². The maximum Gasteiger partial charge on any atom is 0.140 e. The summed E-state index contributed by atoms with van der Waals surface area (Å²) in [6, 6.07) is 17.9. The van der Waals surface area contributed by atoms with Crippen molar-refractivity contribution in [3.05, 3.63) is 102 Å². The highest BCUT2D eigenvalue weighted by atomic mass is 19.1. The molecular formula is C24H22FN3O2. The van der Waals surface area contributed by atoms with Crippen molar-refractivity contribution in [2.75, 3.05) is 7.05 Å². The summed E-state index contributed by atoms with van der Waals surface area (Å²) in [6.45, 7) is 5.09. The Morgan fingerprint density at radius 1 is 1.03 bits per heavy atom. The first-order chi connectivity index (χ1) is 14.5. The Kier molecular flexibility index (Phi) is 5.50. The molecule has 4 rings (SSSR count). The van der Waals surface area contributed by atoms with Gasteiger partial charge in [0.15, 0.2) is 0 Å². The van der Waals surface area contributed by atoms with Crippen molar-refractivity contribution < 1.29 is 14.2 Å². The van der Waals surface area contributed by atoms with Gasteiger partial charge in [0.05, 0.1) is 5.69 Å². The van der Waals surface area contributed by atoms with Crippen LogP contribution in [-0.2, 0) is 13.1 Å². The molecule has 0 fully saturated rings. The largest absolute Gasteiger partial charge is 0.506 e. The molecule has 4 aromatic rings. The van der Waals surface area contributed by atoms with E-state index in [1.54, 1.807) is 41.1 Å². The summed E-state index contributed by atoms with van der Waals surface area (Å²) in [6.07, 6.45) is 3.41. The van der Waals surface area contributed by atoms with Crippen molar-refractivity contribution in [2.45, 2.75) is 13.1 Å². The lowest BCUT2D eigenvalue weighted by Crippen LogP contribution is -2.17. The van der Waals surface area contributed by atoms with Crippen LogP contribution in [0.15, 0.2) is 79.6 Å². The van der Waals surface area contributed by atoms with E-state index in [9.17, 15) is 9.50 Å². The van der Waals surface area contributed by atoms with Crippen LogP contribution >= 0.6 is 0 Å². The number of aliphatic hydroxyl groups is 1. The zero-order valence-electron chi connectivity index (χ0n) is 16.6. The van der Waals surface area contributed by atoms with Crippen LogP contribution < -0.4 is 4.74 Å². The number of aromatic nitrogens is 2. The monoisotopic (exact) mass is 403 g/mol. The third-order valence-electron chi connectivity index (χ3n) is 4.75. The van der Waals surface area contributed by atoms with Crippen LogP contribution in [-0.4, -0.2) is 26.4 Å². The molecule has 0 aliphatic rings. The number of halogens is 1. The average Bonchev–Trinajstić information content (AvgIpc) is 3.19. The summed E-state index contributed by atoms with van der Waals surface area (Å²) in [4.78, 5) is 6.42. The lowest BCUT2D eigenvalue weighted by atomic mass is 10.1. The summed E-state index contributed by atoms with van der Waals surface area (Å²) in [7, 11) is 2.02. The molecule has 2 aromatic heterocycles. The molecule has 0 aliphatic heterocycles. The van der Waals surface area contributed by atoms with Gasteiger partial charge in [-0.3, -0.25) is 9.30 Å². The zero-order chi connectivity index (χ0) is 21.1. The van der Waals surface area contributed by atoms with Crippen LogP contribution in [0.1, 0.15) is 16.8 Å². The minimum atomic E-state index is -0.223. The first kappa shape index (κ1) is 19.7. The Balaban J connectivity index is 1.43. The highest BCUT2D eigenvalue weighted by Gasteiger charge is 2.09. The van der Waals surface area contributed by atoms with Crippen LogP contribution in [0.3, 0.4) is 0 Å². The molecule has 30 heavy (non-hydrogen) atoms. The lowest BCUT2D eigenvalue weighted by Gasteiger charge is -2.17. The third kappa shape index (κ3) is 4.50. The fourth-order valence-corrected chi connectivity index (χ4v) is 3.35. The van der Waals surface area contributed by atoms with E-state index in [1.165, 1.54) is 12.1 Å². The minimum Gasteiger partial charge on any atom is -0.506 e. The number of rotatable bonds is 7. The first-order valence-corrected chi connectivity index (χ1v) is 9.53. The van der Waals surface area contributed by atoms with Crippen LogP contribution in [0.2, 0.25) is 0 Å². The molecule has 1 N–H and O–H groups in total. The molecule has 0 bridgehead atoms. The number of imidazole rings is 1. The highest BCUT2D eigenvalue weighted by Crippen LogP contribution is 2.26. The molecule has 0 atom stereocenters. The minimum absolute atomic E-state index is 0.0528. The number of pyridine rings is 1. The average molecular weight is 403 g/mol. The number of ether oxygens (including phenoxy) is 1. The molecule has 0 unspecified atom stereocenters. The van der Waals surface area contributed by atoms with E-state index in [2.05, 4.69) is 16.5 Å². The Morgan fingerprint density at radius 3 is 2.30 bits per heavy atom. The molecule has 6 heteroatoms. The number of nitrogens with zero attached hydrogens (tertiary/aromatic N) is 3. The number of aliphatic hydroxyl groups excluding tert-OH is 1. The van der Waals surface area contributed by atoms with Gasteiger partial charge < -0.3 is 9.84 Å². The maximum absolute atomic E-state index is 13.0. The smallest absolute Gasteiger partial charge is 0.140 e. The molecule has 0 saturated heterocycles. The lowest BCUT2D eigenvalue weighted by molar-refractivity contribution is 0.319. The topological polar surface area (TPSA) is 50.0 Å². The predicted molar refractivity (Wildman–Crippen MR) is 115 cm³/mol. The molecule has 0 spiro atoms. The number of hydrogen-bond donors (Lipinski definition) is 1. The fraction of sp³-hybridized carbons (Fsp3) is 0.125. The van der Waals surface area contributed by atoms with Gasteiger partial charge in [-0.1, -0.05) is 30.8 Å². The van der Waals surface area contributed by atoms with E-state index in [0.29, 0.717) is 22.8 Å². The van der Waals surface area contributed by atoms with Crippen molar-refractivity contribution in [1.82, 2.24) is 14.3 Å². The van der Waals surface area contributed by atoms with Crippen molar-refractivity contribution in [2.24, 2.45) is 0 Å². The molecule has 0 amide bonds. The number of fused-ring (bicyclic) bond motifs is 1. The van der Waals surface area contributed by atoms with Gasteiger partial charge in [-0.15, -0.1) is 0 Å². The summed E-state index contributed by atoms with van der Waals surface area (Å²) in [5, 5.41) is 9.85. The van der Waals surface area contributed by atoms with Gasteiger partial charge in [-0.05, 0) is 42.4 Å². The molecule has 2 heterocycles. The van der Waals surface area contributed by atoms with E-state index in [-0.39, 0.29) is 11.6 Å². The second-order valence-corrected chi connectivity index (χ2v) is 7.22. The SMILES string of the molecule is C=C(O)c1cc(Oc2ccc(CN(C)Cc3ccc(F)cc3)cc2)cc2nccn12. The standard InChI is InChI=1S/C24H22FN3O2/c1-17(29)23-13-22(14-24-26-11-12-28(23)24)30-21-9-5-19(6-10-21)16-27(2)15-18-3-7-20(25)8-4-18/h3-14,29H,1,15-16H2,2H3. The molecule has 152 valence electrons. The molecular weight excluding hydrogens is 381 g/mol. The Morgan fingerprint density at radius 2 is 1.67 bits per heavy atom. The molecule has 0 saturated carbocycles. The van der Waals surface area contributed by atoms with E-state index in [1.807, 2.05) is 31.3 Å². The fourth-order valence-electron chi connectivity index (χ4n) is 3.35. The van der Waals surface area contributed by atoms with Crippen LogP contribution in [0.4, 0.5) is 4.39 Å². The van der Waals surface area contributed by atoms with Gasteiger partial charge in [0.2, 0.25) is 0 Å². The van der Waals surface area contributed by atoms with E-state index < -0.39 is 0 Å².